The van der Waals surface area contributed by atoms with E-state index in [9.17, 15) is 19.2 Å². The number of rotatable bonds is 6. The van der Waals surface area contributed by atoms with Crippen LogP contribution in [0, 0.1) is 0 Å². The number of aromatic nitrogens is 1. The molecule has 214 valence electrons. The molecule has 42 heavy (non-hydrogen) atoms. The number of nitrogens with one attached hydrogen (secondary N) is 3. The van der Waals surface area contributed by atoms with Gasteiger partial charge in [-0.1, -0.05) is 47.1 Å². The van der Waals surface area contributed by atoms with Gasteiger partial charge in [-0.3, -0.25) is 20.2 Å². The summed E-state index contributed by atoms with van der Waals surface area (Å²) in [5, 5.41) is 21.2. The molecule has 6 rings (SSSR count). The van der Waals surface area contributed by atoms with E-state index in [1.807, 2.05) is 30.3 Å². The molecule has 13 heteroatoms. The molecule has 0 bridgehead atoms. The van der Waals surface area contributed by atoms with Crippen molar-refractivity contribution in [2.24, 2.45) is 0 Å². The van der Waals surface area contributed by atoms with Gasteiger partial charge in [0.05, 0.1) is 17.6 Å². The van der Waals surface area contributed by atoms with Crippen molar-refractivity contribution in [1.82, 2.24) is 15.4 Å². The summed E-state index contributed by atoms with van der Waals surface area (Å²) in [6.07, 6.45) is -1.34. The van der Waals surface area contributed by atoms with Crippen molar-refractivity contribution in [1.29, 1.82) is 0 Å². The lowest BCUT2D eigenvalue weighted by atomic mass is 9.90. The largest absolute Gasteiger partial charge is 0.465 e. The number of carbonyl (C=O) groups excluding carboxylic acids is 3. The quantitative estimate of drug-likeness (QED) is 0.253. The number of hydrogen-bond acceptors (Lipinski definition) is 7. The van der Waals surface area contributed by atoms with E-state index in [0.717, 1.165) is 5.56 Å². The van der Waals surface area contributed by atoms with Gasteiger partial charge < -0.3 is 24.6 Å². The Morgan fingerprint density at radius 2 is 1.93 bits per heavy atom. The zero-order valence-electron chi connectivity index (χ0n) is 21.9. The van der Waals surface area contributed by atoms with Gasteiger partial charge in [-0.25, -0.2) is 9.59 Å². The zero-order chi connectivity index (χ0) is 29.4. The van der Waals surface area contributed by atoms with Crippen LogP contribution in [0.25, 0.3) is 11.0 Å². The number of hydrogen-bond donors (Lipinski definition) is 4. The third kappa shape index (κ3) is 5.19. The van der Waals surface area contributed by atoms with Crippen molar-refractivity contribution < 1.29 is 33.5 Å². The SMILES string of the molecule is O=C(O)Nc1noc2cc(C(=O)N[C@@H](Cc3ccccc3)C(=O)N3CC[C@@]4(C3)OC(=O)Nc3ccc(Cl)cc34)ccc12. The Labute approximate surface area is 243 Å². The molecular formula is C29H24ClN5O7. The summed E-state index contributed by atoms with van der Waals surface area (Å²) in [6, 6.07) is 17.9. The minimum absolute atomic E-state index is 0.00558. The van der Waals surface area contributed by atoms with Crippen molar-refractivity contribution in [2.75, 3.05) is 23.7 Å². The fraction of sp³-hybridized carbons (Fsp3) is 0.207. The lowest BCUT2D eigenvalue weighted by molar-refractivity contribution is -0.133. The molecule has 3 heterocycles. The minimum atomic E-state index is -1.30. The Morgan fingerprint density at radius 3 is 2.71 bits per heavy atom. The molecule has 1 fully saturated rings. The van der Waals surface area contributed by atoms with Crippen molar-refractivity contribution in [3.63, 3.8) is 0 Å². The molecule has 2 aliphatic rings. The standard InChI is InChI=1S/C29H24ClN5O7/c30-18-7-9-21-20(14-18)29(41-28(40)32-21)10-11-35(15-29)26(37)22(12-16-4-2-1-3-5-16)31-25(36)17-6-8-19-23(13-17)42-34-24(19)33-27(38)39/h1-9,13-14,22H,10-12,15H2,(H,31,36)(H,32,40)(H,33,34)(H,38,39)/t22-,29-/m0/s1. The lowest BCUT2D eigenvalue weighted by Crippen LogP contribution is -2.50. The van der Waals surface area contributed by atoms with E-state index in [-0.39, 0.29) is 35.8 Å². The number of halogens is 1. The molecule has 0 saturated carbocycles. The minimum Gasteiger partial charge on any atom is -0.465 e. The number of likely N-dealkylation sites (tertiary alicyclic amines) is 1. The average Bonchev–Trinajstić information content (AvgIpc) is 3.57. The Bertz CT molecular complexity index is 1730. The van der Waals surface area contributed by atoms with Crippen molar-refractivity contribution >= 4 is 58.1 Å². The predicted octanol–water partition coefficient (Wildman–Crippen LogP) is 4.60. The molecule has 4 aromatic rings. The van der Waals surface area contributed by atoms with Crippen LogP contribution >= 0.6 is 11.6 Å². The number of carboxylic acid groups (broad SMARTS) is 1. The van der Waals surface area contributed by atoms with Crippen molar-refractivity contribution in [2.45, 2.75) is 24.5 Å². The number of fused-ring (bicyclic) bond motifs is 3. The maximum atomic E-state index is 14.0. The average molecular weight is 590 g/mol. The number of benzene rings is 3. The predicted molar refractivity (Wildman–Crippen MR) is 151 cm³/mol. The van der Waals surface area contributed by atoms with Gasteiger partial charge in [0.2, 0.25) is 5.91 Å². The number of carbonyl (C=O) groups is 4. The summed E-state index contributed by atoms with van der Waals surface area (Å²) in [4.78, 5) is 52.3. The fourth-order valence-corrected chi connectivity index (χ4v) is 5.60. The molecule has 2 aliphatic heterocycles. The maximum Gasteiger partial charge on any atom is 0.412 e. The Kier molecular flexibility index (Phi) is 6.91. The zero-order valence-corrected chi connectivity index (χ0v) is 22.7. The number of anilines is 2. The van der Waals surface area contributed by atoms with Crippen LogP contribution in [0.2, 0.25) is 5.02 Å². The van der Waals surface area contributed by atoms with Gasteiger partial charge in [0.25, 0.3) is 5.91 Å². The van der Waals surface area contributed by atoms with Crippen LogP contribution in [0.15, 0.2) is 71.3 Å². The van der Waals surface area contributed by atoms with E-state index >= 15 is 0 Å². The van der Waals surface area contributed by atoms with Crippen LogP contribution in [0.3, 0.4) is 0 Å². The molecule has 3 aromatic carbocycles. The van der Waals surface area contributed by atoms with Crippen LogP contribution in [-0.2, 0) is 21.6 Å². The number of amides is 4. The fourth-order valence-electron chi connectivity index (χ4n) is 5.43. The first-order valence-corrected chi connectivity index (χ1v) is 13.4. The summed E-state index contributed by atoms with van der Waals surface area (Å²) >= 11 is 6.25. The van der Waals surface area contributed by atoms with Crippen molar-refractivity contribution in [3.05, 3.63) is 88.4 Å². The van der Waals surface area contributed by atoms with Crippen LogP contribution in [0.1, 0.15) is 27.9 Å². The molecule has 0 unspecified atom stereocenters. The highest BCUT2D eigenvalue weighted by Gasteiger charge is 2.49. The Morgan fingerprint density at radius 1 is 1.12 bits per heavy atom. The van der Waals surface area contributed by atoms with Crippen LogP contribution in [0.5, 0.6) is 0 Å². The highest BCUT2D eigenvalue weighted by Crippen LogP contribution is 2.44. The van der Waals surface area contributed by atoms with Gasteiger partial charge in [-0.2, -0.15) is 0 Å². The van der Waals surface area contributed by atoms with Crippen molar-refractivity contribution in [3.8, 4) is 0 Å². The summed E-state index contributed by atoms with van der Waals surface area (Å²) in [5.41, 5.74) is 1.42. The molecule has 4 amide bonds. The van der Waals surface area contributed by atoms with Gasteiger partial charge in [0, 0.05) is 35.5 Å². The molecule has 1 saturated heterocycles. The molecule has 0 radical (unpaired) electrons. The highest BCUT2D eigenvalue weighted by molar-refractivity contribution is 6.30. The smallest absolute Gasteiger partial charge is 0.412 e. The summed E-state index contributed by atoms with van der Waals surface area (Å²) in [7, 11) is 0. The van der Waals surface area contributed by atoms with Gasteiger partial charge in [-0.15, -0.1) is 0 Å². The topological polar surface area (TPSA) is 163 Å². The van der Waals surface area contributed by atoms with Gasteiger partial charge in [-0.05, 0) is 42.0 Å². The van der Waals surface area contributed by atoms with Crippen LogP contribution in [0.4, 0.5) is 21.1 Å². The first kappa shape index (κ1) is 27.1. The third-order valence-electron chi connectivity index (χ3n) is 7.39. The lowest BCUT2D eigenvalue weighted by Gasteiger charge is -2.35. The van der Waals surface area contributed by atoms with Gasteiger partial charge in [0.1, 0.15) is 6.04 Å². The Balaban J connectivity index is 1.25. The molecule has 1 aromatic heterocycles. The summed E-state index contributed by atoms with van der Waals surface area (Å²) < 4.78 is 11.0. The van der Waals surface area contributed by atoms with E-state index in [1.165, 1.54) is 18.2 Å². The second kappa shape index (κ2) is 10.7. The second-order valence-corrected chi connectivity index (χ2v) is 10.5. The van der Waals surface area contributed by atoms with E-state index in [2.05, 4.69) is 21.1 Å². The monoisotopic (exact) mass is 589 g/mol. The van der Waals surface area contributed by atoms with Gasteiger partial charge in [0.15, 0.2) is 17.0 Å². The number of nitrogens with zero attached hydrogens (tertiary/aromatic N) is 2. The van der Waals surface area contributed by atoms with Gasteiger partial charge >= 0.3 is 12.2 Å². The van der Waals surface area contributed by atoms with E-state index in [4.69, 9.17) is 26.0 Å². The first-order valence-electron chi connectivity index (χ1n) is 13.0. The molecule has 12 nitrogen and oxygen atoms in total. The molecule has 1 spiro atoms. The first-order chi connectivity index (χ1) is 20.2. The molecule has 2 atom stereocenters. The Hall–Kier alpha value is -5.10. The normalized spacial score (nSPS) is 18.2. The van der Waals surface area contributed by atoms with Crippen LogP contribution < -0.4 is 16.0 Å². The van der Waals surface area contributed by atoms with E-state index in [1.54, 1.807) is 23.1 Å². The number of ether oxygens (including phenoxy) is 1. The molecule has 4 N–H and O–H groups in total. The maximum absolute atomic E-state index is 14.0. The van der Waals surface area contributed by atoms with Crippen LogP contribution in [-0.4, -0.2) is 58.3 Å². The highest BCUT2D eigenvalue weighted by atomic mass is 35.5. The molecule has 0 aliphatic carbocycles. The molecular weight excluding hydrogens is 566 g/mol. The van der Waals surface area contributed by atoms with E-state index in [0.29, 0.717) is 34.6 Å². The summed E-state index contributed by atoms with van der Waals surface area (Å²) in [6.45, 7) is 0.389. The second-order valence-electron chi connectivity index (χ2n) is 10.1. The summed E-state index contributed by atoms with van der Waals surface area (Å²) in [5.74, 6) is -0.864. The van der Waals surface area contributed by atoms with E-state index < -0.39 is 29.7 Å². The third-order valence-corrected chi connectivity index (χ3v) is 7.62.